The largest absolute Gasteiger partial charge is 0.451 e. The number of amides is 1. The Hall–Kier alpha value is -2.12. The van der Waals surface area contributed by atoms with Crippen LogP contribution in [-0.2, 0) is 9.53 Å². The van der Waals surface area contributed by atoms with Crippen LogP contribution in [0.5, 0.6) is 0 Å². The predicted octanol–water partition coefficient (Wildman–Crippen LogP) is 4.03. The number of hydrogen-bond donors (Lipinski definition) is 0. The number of thiophene rings is 1. The van der Waals surface area contributed by atoms with Crippen molar-refractivity contribution in [2.75, 3.05) is 18.1 Å². The van der Waals surface area contributed by atoms with E-state index in [9.17, 15) is 14.4 Å². The van der Waals surface area contributed by atoms with Gasteiger partial charge in [-0.2, -0.15) is 0 Å². The highest BCUT2D eigenvalue weighted by atomic mass is 32.2. The molecule has 1 aliphatic heterocycles. The van der Waals surface area contributed by atoms with Crippen LogP contribution in [0, 0.1) is 0 Å². The Morgan fingerprint density at radius 2 is 1.88 bits per heavy atom. The fourth-order valence-corrected chi connectivity index (χ4v) is 4.57. The van der Waals surface area contributed by atoms with Gasteiger partial charge in [-0.25, -0.2) is 4.79 Å². The van der Waals surface area contributed by atoms with Gasteiger partial charge in [-0.1, -0.05) is 19.1 Å². The molecule has 5 nitrogen and oxygen atoms in total. The van der Waals surface area contributed by atoms with Gasteiger partial charge in [0.25, 0.3) is 5.91 Å². The molecule has 0 N–H and O–H groups in total. The van der Waals surface area contributed by atoms with Crippen LogP contribution in [0.25, 0.3) is 0 Å². The lowest BCUT2D eigenvalue weighted by molar-refractivity contribution is -0.121. The molecule has 26 heavy (non-hydrogen) atoms. The number of ketones is 1. The highest BCUT2D eigenvalue weighted by Gasteiger charge is 2.25. The summed E-state index contributed by atoms with van der Waals surface area (Å²) >= 11 is 2.82. The molecule has 2 heterocycles. The van der Waals surface area contributed by atoms with Gasteiger partial charge in [0.15, 0.2) is 12.4 Å². The maximum atomic E-state index is 12.7. The molecule has 1 aliphatic rings. The Morgan fingerprint density at radius 3 is 2.62 bits per heavy atom. The molecule has 1 aromatic heterocycles. The summed E-state index contributed by atoms with van der Waals surface area (Å²) < 4.78 is 5.18. The maximum Gasteiger partial charge on any atom is 0.348 e. The maximum absolute atomic E-state index is 12.7. The number of esters is 1. The summed E-state index contributed by atoms with van der Waals surface area (Å²) in [6.07, 6.45) is 0.867. The lowest BCUT2D eigenvalue weighted by Gasteiger charge is -2.22. The first-order valence-corrected chi connectivity index (χ1v) is 9.99. The zero-order valence-corrected chi connectivity index (χ0v) is 16.2. The minimum Gasteiger partial charge on any atom is -0.451 e. The molecule has 1 aromatic carbocycles. The van der Waals surface area contributed by atoms with E-state index >= 15 is 0 Å². The first kappa shape index (κ1) is 18.7. The molecule has 1 unspecified atom stereocenters. The molecule has 0 bridgehead atoms. The van der Waals surface area contributed by atoms with Crippen molar-refractivity contribution in [3.63, 3.8) is 0 Å². The van der Waals surface area contributed by atoms with Crippen molar-refractivity contribution in [3.05, 3.63) is 46.2 Å². The number of nitrogens with zero attached hydrogens (tertiary/aromatic N) is 1. The number of carbonyl (C=O) groups is 3. The first-order valence-electron chi connectivity index (χ1n) is 8.29. The topological polar surface area (TPSA) is 63.7 Å². The van der Waals surface area contributed by atoms with Gasteiger partial charge in [-0.05, 0) is 37.6 Å². The number of anilines is 1. The average molecular weight is 389 g/mol. The summed E-state index contributed by atoms with van der Waals surface area (Å²) in [5, 5.41) is 0.410. The molecule has 0 saturated carbocycles. The normalized spacial score (nSPS) is 16.5. The van der Waals surface area contributed by atoms with Crippen molar-refractivity contribution in [1.82, 2.24) is 0 Å². The molecule has 0 fully saturated rings. The molecule has 3 rings (SSSR count). The molecule has 0 aliphatic carbocycles. The van der Waals surface area contributed by atoms with E-state index in [1.54, 1.807) is 28.8 Å². The summed E-state index contributed by atoms with van der Waals surface area (Å²) in [5.41, 5.74) is 0.859. The van der Waals surface area contributed by atoms with Gasteiger partial charge in [0, 0.05) is 16.7 Å². The second-order valence-corrected chi connectivity index (χ2v) is 8.59. The minimum atomic E-state index is -0.582. The SMILES string of the molecule is CC(=O)c1ccc(C(=O)OCC(=O)N2CCC(C)Sc3ccccc32)s1. The average Bonchev–Trinajstić information content (AvgIpc) is 3.05. The van der Waals surface area contributed by atoms with Crippen LogP contribution in [0.4, 0.5) is 5.69 Å². The van der Waals surface area contributed by atoms with Gasteiger partial charge >= 0.3 is 5.97 Å². The molecule has 0 saturated heterocycles. The van der Waals surface area contributed by atoms with Gasteiger partial charge in [0.2, 0.25) is 0 Å². The van der Waals surface area contributed by atoms with Crippen LogP contribution in [0.15, 0.2) is 41.3 Å². The third-order valence-corrected chi connectivity index (χ3v) is 6.43. The lowest BCUT2D eigenvalue weighted by atomic mass is 10.2. The molecule has 7 heteroatoms. The molecule has 1 atom stereocenters. The van der Waals surface area contributed by atoms with Crippen molar-refractivity contribution in [3.8, 4) is 0 Å². The zero-order chi connectivity index (χ0) is 18.7. The zero-order valence-electron chi connectivity index (χ0n) is 14.6. The number of hydrogen-bond acceptors (Lipinski definition) is 6. The monoisotopic (exact) mass is 389 g/mol. The van der Waals surface area contributed by atoms with E-state index in [2.05, 4.69) is 6.92 Å². The van der Waals surface area contributed by atoms with Crippen molar-refractivity contribution < 1.29 is 19.1 Å². The van der Waals surface area contributed by atoms with Crippen molar-refractivity contribution >= 4 is 46.4 Å². The number of ether oxygens (including phenoxy) is 1. The highest BCUT2D eigenvalue weighted by Crippen LogP contribution is 2.37. The summed E-state index contributed by atoms with van der Waals surface area (Å²) in [6.45, 7) is 3.85. The first-order chi connectivity index (χ1) is 12.5. The molecular weight excluding hydrogens is 370 g/mol. The third kappa shape index (κ3) is 4.16. The van der Waals surface area contributed by atoms with E-state index in [0.29, 0.717) is 21.5 Å². The lowest BCUT2D eigenvalue weighted by Crippen LogP contribution is -2.35. The molecule has 2 aromatic rings. The number of para-hydroxylation sites is 1. The summed E-state index contributed by atoms with van der Waals surface area (Å²) in [6, 6.07) is 10.9. The second-order valence-electron chi connectivity index (χ2n) is 6.03. The number of Topliss-reactive ketones (excluding diaryl/α,β-unsaturated/α-hetero) is 1. The summed E-state index contributed by atoms with van der Waals surface area (Å²) in [4.78, 5) is 39.7. The standard InChI is InChI=1S/C19H19NO4S2/c1-12-9-10-20(14-5-3-4-6-16(14)25-12)18(22)11-24-19(23)17-8-7-15(26-17)13(2)21/h3-8,12H,9-11H2,1-2H3. The van der Waals surface area contributed by atoms with Crippen LogP contribution in [-0.4, -0.2) is 36.1 Å². The smallest absolute Gasteiger partial charge is 0.348 e. The van der Waals surface area contributed by atoms with Crippen molar-refractivity contribution in [2.45, 2.75) is 30.4 Å². The number of thioether (sulfide) groups is 1. The van der Waals surface area contributed by atoms with Gasteiger partial charge in [-0.15, -0.1) is 23.1 Å². The van der Waals surface area contributed by atoms with E-state index < -0.39 is 5.97 Å². The Morgan fingerprint density at radius 1 is 1.15 bits per heavy atom. The molecule has 0 radical (unpaired) electrons. The van der Waals surface area contributed by atoms with E-state index in [0.717, 1.165) is 28.3 Å². The van der Waals surface area contributed by atoms with Gasteiger partial charge in [-0.3, -0.25) is 9.59 Å². The van der Waals surface area contributed by atoms with Crippen molar-refractivity contribution in [1.29, 1.82) is 0 Å². The fourth-order valence-electron chi connectivity index (χ4n) is 2.66. The van der Waals surface area contributed by atoms with E-state index in [-0.39, 0.29) is 18.3 Å². The van der Waals surface area contributed by atoms with Gasteiger partial charge < -0.3 is 9.64 Å². The van der Waals surface area contributed by atoms with E-state index in [4.69, 9.17) is 4.74 Å². The van der Waals surface area contributed by atoms with Crippen LogP contribution in [0.2, 0.25) is 0 Å². The van der Waals surface area contributed by atoms with Crippen LogP contribution in [0.1, 0.15) is 39.6 Å². The molecule has 136 valence electrons. The summed E-state index contributed by atoms with van der Waals surface area (Å²) in [5.74, 6) is -0.927. The predicted molar refractivity (Wildman–Crippen MR) is 103 cm³/mol. The molecular formula is C19H19NO4S2. The number of fused-ring (bicyclic) bond motifs is 1. The second kappa shape index (κ2) is 8.05. The third-order valence-electron chi connectivity index (χ3n) is 4.03. The van der Waals surface area contributed by atoms with E-state index in [1.165, 1.54) is 6.92 Å². The fraction of sp³-hybridized carbons (Fsp3) is 0.316. The quantitative estimate of drug-likeness (QED) is 0.584. The Labute approximate surface area is 160 Å². The van der Waals surface area contributed by atoms with Crippen LogP contribution < -0.4 is 4.90 Å². The van der Waals surface area contributed by atoms with Crippen LogP contribution in [0.3, 0.4) is 0 Å². The minimum absolute atomic E-state index is 0.0991. The molecule has 1 amide bonds. The van der Waals surface area contributed by atoms with Crippen molar-refractivity contribution in [2.24, 2.45) is 0 Å². The highest BCUT2D eigenvalue weighted by molar-refractivity contribution is 8.00. The summed E-state index contributed by atoms with van der Waals surface area (Å²) in [7, 11) is 0. The number of carbonyl (C=O) groups excluding carboxylic acids is 3. The Kier molecular flexibility index (Phi) is 5.78. The van der Waals surface area contributed by atoms with Gasteiger partial charge in [0.1, 0.15) is 4.88 Å². The van der Waals surface area contributed by atoms with Crippen LogP contribution >= 0.6 is 23.1 Å². The number of rotatable bonds is 4. The van der Waals surface area contributed by atoms with E-state index in [1.807, 2.05) is 24.3 Å². The Balaban J connectivity index is 1.68. The number of benzene rings is 1. The Bertz CT molecular complexity index is 846. The van der Waals surface area contributed by atoms with Gasteiger partial charge in [0.05, 0.1) is 10.6 Å². The molecule has 0 spiro atoms.